The highest BCUT2D eigenvalue weighted by atomic mass is 16.5. The molecule has 2 aromatic rings. The lowest BCUT2D eigenvalue weighted by Crippen LogP contribution is -2.39. The number of hydrogen-bond donors (Lipinski definition) is 2. The van der Waals surface area contributed by atoms with Gasteiger partial charge < -0.3 is 15.4 Å². The Labute approximate surface area is 183 Å². The molecule has 1 fully saturated rings. The first kappa shape index (κ1) is 21.2. The average molecular weight is 419 g/mol. The van der Waals surface area contributed by atoms with Gasteiger partial charge in [0.1, 0.15) is 17.1 Å². The van der Waals surface area contributed by atoms with Crippen LogP contribution >= 0.6 is 0 Å². The smallest absolute Gasteiger partial charge is 0.212 e. The van der Waals surface area contributed by atoms with E-state index >= 15 is 0 Å². The van der Waals surface area contributed by atoms with Crippen molar-refractivity contribution >= 4 is 17.3 Å². The number of nitrogens with one attached hydrogen (secondary N) is 2. The molecule has 1 saturated carbocycles. The summed E-state index contributed by atoms with van der Waals surface area (Å²) >= 11 is 0. The van der Waals surface area contributed by atoms with Crippen LogP contribution in [0.3, 0.4) is 0 Å². The third-order valence-electron chi connectivity index (χ3n) is 5.96. The predicted octanol–water partition coefficient (Wildman–Crippen LogP) is 5.49. The number of ketones is 2. The number of carbonyl (C=O) groups is 2. The van der Waals surface area contributed by atoms with Crippen molar-refractivity contribution in [3.8, 4) is 5.75 Å². The molecule has 2 aromatic carbocycles. The van der Waals surface area contributed by atoms with Crippen LogP contribution in [-0.2, 0) is 0 Å². The minimum atomic E-state index is -0.156. The third-order valence-corrected chi connectivity index (χ3v) is 5.96. The standard InChI is InChI=1S/C26H30N2O3/c1-2-3-17-31-20-15-13-19(14-16-20)28-24-23(27-18-9-5-4-6-10-18)25(29)21-11-7-8-12-22(21)26(24)30/h7-8,11-16,18,27-28H,2-6,9-10,17H2,1H3. The van der Waals surface area contributed by atoms with Gasteiger partial charge in [-0.2, -0.15) is 0 Å². The second-order valence-corrected chi connectivity index (χ2v) is 8.28. The number of benzene rings is 2. The van der Waals surface area contributed by atoms with E-state index in [0.717, 1.165) is 50.0 Å². The maximum Gasteiger partial charge on any atom is 0.212 e. The third kappa shape index (κ3) is 4.82. The largest absolute Gasteiger partial charge is 0.494 e. The molecule has 5 heteroatoms. The van der Waals surface area contributed by atoms with E-state index in [1.54, 1.807) is 24.3 Å². The van der Waals surface area contributed by atoms with Crippen LogP contribution in [0.1, 0.15) is 72.6 Å². The van der Waals surface area contributed by atoms with Crippen LogP contribution in [0.15, 0.2) is 59.9 Å². The van der Waals surface area contributed by atoms with Crippen molar-refractivity contribution in [2.75, 3.05) is 11.9 Å². The van der Waals surface area contributed by atoms with Crippen LogP contribution in [0.2, 0.25) is 0 Å². The van der Waals surface area contributed by atoms with Gasteiger partial charge in [-0.1, -0.05) is 56.9 Å². The Bertz CT molecular complexity index is 972. The number of hydrogen-bond acceptors (Lipinski definition) is 5. The molecule has 0 heterocycles. The highest BCUT2D eigenvalue weighted by molar-refractivity contribution is 6.27. The fourth-order valence-electron chi connectivity index (χ4n) is 4.20. The first-order valence-electron chi connectivity index (χ1n) is 11.4. The Kier molecular flexibility index (Phi) is 6.70. The van der Waals surface area contributed by atoms with Gasteiger partial charge in [0, 0.05) is 22.9 Å². The molecule has 0 atom stereocenters. The second-order valence-electron chi connectivity index (χ2n) is 8.28. The molecule has 0 radical (unpaired) electrons. The van der Waals surface area contributed by atoms with Crippen LogP contribution in [0, 0.1) is 0 Å². The Morgan fingerprint density at radius 3 is 2.16 bits per heavy atom. The number of fused-ring (bicyclic) bond motifs is 1. The summed E-state index contributed by atoms with van der Waals surface area (Å²) in [5, 5.41) is 6.64. The fourth-order valence-corrected chi connectivity index (χ4v) is 4.20. The molecule has 162 valence electrons. The number of ether oxygens (including phenoxy) is 1. The summed E-state index contributed by atoms with van der Waals surface area (Å²) in [5.74, 6) is 0.518. The second kappa shape index (κ2) is 9.82. The molecule has 31 heavy (non-hydrogen) atoms. The van der Waals surface area contributed by atoms with Crippen molar-refractivity contribution in [2.24, 2.45) is 0 Å². The summed E-state index contributed by atoms with van der Waals surface area (Å²) in [6, 6.07) is 14.8. The molecule has 4 rings (SSSR count). The molecule has 0 aromatic heterocycles. The highest BCUT2D eigenvalue weighted by Crippen LogP contribution is 2.29. The van der Waals surface area contributed by atoms with Crippen molar-refractivity contribution in [3.63, 3.8) is 0 Å². The van der Waals surface area contributed by atoms with Crippen LogP contribution in [0.25, 0.3) is 0 Å². The molecule has 0 saturated heterocycles. The minimum Gasteiger partial charge on any atom is -0.494 e. The van der Waals surface area contributed by atoms with Gasteiger partial charge in [0.25, 0.3) is 0 Å². The van der Waals surface area contributed by atoms with E-state index in [1.165, 1.54) is 6.42 Å². The molecule has 0 amide bonds. The quantitative estimate of drug-likeness (QED) is 0.555. The Hall–Kier alpha value is -3.08. The molecule has 2 aliphatic carbocycles. The van der Waals surface area contributed by atoms with Crippen LogP contribution in [0.5, 0.6) is 5.75 Å². The van der Waals surface area contributed by atoms with Crippen molar-refractivity contribution < 1.29 is 14.3 Å². The molecule has 0 aliphatic heterocycles. The van der Waals surface area contributed by atoms with Crippen molar-refractivity contribution in [2.45, 2.75) is 57.9 Å². The zero-order valence-corrected chi connectivity index (χ0v) is 18.1. The van der Waals surface area contributed by atoms with Gasteiger partial charge in [-0.05, 0) is 43.5 Å². The van der Waals surface area contributed by atoms with Gasteiger partial charge in [0.05, 0.1) is 6.61 Å². The van der Waals surface area contributed by atoms with Crippen LogP contribution < -0.4 is 15.4 Å². The summed E-state index contributed by atoms with van der Waals surface area (Å²) in [5.41, 5.74) is 2.38. The van der Waals surface area contributed by atoms with Gasteiger partial charge in [0.15, 0.2) is 0 Å². The SMILES string of the molecule is CCCCOc1ccc(NC2=C(NC3CCCCC3)C(=O)c3ccccc3C2=O)cc1. The molecule has 5 nitrogen and oxygen atoms in total. The normalized spacial score (nSPS) is 16.8. The first-order valence-corrected chi connectivity index (χ1v) is 11.4. The summed E-state index contributed by atoms with van der Waals surface area (Å²) in [6.07, 6.45) is 7.65. The molecule has 2 N–H and O–H groups in total. The Morgan fingerprint density at radius 1 is 0.871 bits per heavy atom. The van der Waals surface area contributed by atoms with Gasteiger partial charge >= 0.3 is 0 Å². The predicted molar refractivity (Wildman–Crippen MR) is 123 cm³/mol. The van der Waals surface area contributed by atoms with E-state index in [1.807, 2.05) is 24.3 Å². The van der Waals surface area contributed by atoms with Gasteiger partial charge in [-0.25, -0.2) is 0 Å². The van der Waals surface area contributed by atoms with E-state index in [0.29, 0.717) is 29.1 Å². The van der Waals surface area contributed by atoms with Crippen molar-refractivity contribution in [1.82, 2.24) is 5.32 Å². The van der Waals surface area contributed by atoms with E-state index in [2.05, 4.69) is 17.6 Å². The van der Waals surface area contributed by atoms with E-state index in [9.17, 15) is 9.59 Å². The zero-order chi connectivity index (χ0) is 21.6. The maximum atomic E-state index is 13.3. The number of rotatable bonds is 8. The van der Waals surface area contributed by atoms with Gasteiger partial charge in [-0.3, -0.25) is 9.59 Å². The molecular formula is C26H30N2O3. The number of anilines is 1. The first-order chi connectivity index (χ1) is 15.2. The average Bonchev–Trinajstić information content (AvgIpc) is 2.81. The monoisotopic (exact) mass is 418 g/mol. The highest BCUT2D eigenvalue weighted by Gasteiger charge is 2.33. The van der Waals surface area contributed by atoms with Gasteiger partial charge in [0.2, 0.25) is 11.6 Å². The minimum absolute atomic E-state index is 0.122. The molecule has 0 spiro atoms. The van der Waals surface area contributed by atoms with Crippen molar-refractivity contribution in [1.29, 1.82) is 0 Å². The molecular weight excluding hydrogens is 388 g/mol. The fraction of sp³-hybridized carbons (Fsp3) is 0.385. The summed E-state index contributed by atoms with van der Waals surface area (Å²) < 4.78 is 5.72. The number of allylic oxidation sites excluding steroid dienone is 2. The lowest BCUT2D eigenvalue weighted by molar-refractivity contribution is 0.0966. The number of unbranched alkanes of at least 4 members (excludes halogenated alkanes) is 1. The number of Topliss-reactive ketones (excluding diaryl/α,β-unsaturated/α-hetero) is 2. The van der Waals surface area contributed by atoms with Crippen molar-refractivity contribution in [3.05, 3.63) is 71.1 Å². The lowest BCUT2D eigenvalue weighted by Gasteiger charge is -2.29. The van der Waals surface area contributed by atoms with E-state index in [-0.39, 0.29) is 17.6 Å². The molecule has 2 aliphatic rings. The molecule has 0 bridgehead atoms. The van der Waals surface area contributed by atoms with E-state index < -0.39 is 0 Å². The summed E-state index contributed by atoms with van der Waals surface area (Å²) in [4.78, 5) is 26.6. The summed E-state index contributed by atoms with van der Waals surface area (Å²) in [7, 11) is 0. The number of carbonyl (C=O) groups excluding carboxylic acids is 2. The zero-order valence-electron chi connectivity index (χ0n) is 18.1. The van der Waals surface area contributed by atoms with Gasteiger partial charge in [-0.15, -0.1) is 0 Å². The van der Waals surface area contributed by atoms with Crippen LogP contribution in [-0.4, -0.2) is 24.2 Å². The molecule has 0 unspecified atom stereocenters. The summed E-state index contributed by atoms with van der Waals surface area (Å²) in [6.45, 7) is 2.82. The topological polar surface area (TPSA) is 67.4 Å². The lowest BCUT2D eigenvalue weighted by atomic mass is 9.88. The van der Waals surface area contributed by atoms with E-state index in [4.69, 9.17) is 4.74 Å². The van der Waals surface area contributed by atoms with Crippen LogP contribution in [0.4, 0.5) is 5.69 Å². The maximum absolute atomic E-state index is 13.3. The Balaban J connectivity index is 1.61. The Morgan fingerprint density at radius 2 is 1.52 bits per heavy atom.